The molecule has 0 unspecified atom stereocenters. The highest BCUT2D eigenvalue weighted by atomic mass is 32.1. The number of thiazole rings is 1. The number of nitrogens with zero attached hydrogens (tertiary/aromatic N) is 1. The van der Waals surface area contributed by atoms with Gasteiger partial charge in [-0.25, -0.2) is 4.68 Å². The maximum Gasteiger partial charge on any atom is 0.201 e. The van der Waals surface area contributed by atoms with E-state index in [0.29, 0.717) is 4.80 Å². The largest absolute Gasteiger partial charge is 0.323 e. The van der Waals surface area contributed by atoms with E-state index < -0.39 is 0 Å². The topological polar surface area (TPSA) is 40.8 Å². The summed E-state index contributed by atoms with van der Waals surface area (Å²) in [6.07, 6.45) is 3.63. The third kappa shape index (κ3) is 2.27. The van der Waals surface area contributed by atoms with E-state index in [0.717, 1.165) is 23.2 Å². The van der Waals surface area contributed by atoms with Crippen molar-refractivity contribution in [2.45, 2.75) is 26.2 Å². The number of hydrogen-bond donors (Lipinski definition) is 2. The molecule has 2 aromatic rings. The standard InChI is InChI=1S/C12H17N3S/c1-2-3-6-9-14-15-10-7-4-5-8-11(10)16-12(15)13/h4-5,7-8,13-14H,2-3,6,9H2,1H3. The van der Waals surface area contributed by atoms with Gasteiger partial charge < -0.3 is 5.43 Å². The molecule has 86 valence electrons. The Balaban J connectivity index is 2.16. The van der Waals surface area contributed by atoms with E-state index >= 15 is 0 Å². The minimum Gasteiger partial charge on any atom is -0.323 e. The molecule has 0 amide bonds. The summed E-state index contributed by atoms with van der Waals surface area (Å²) in [5.74, 6) is 0. The van der Waals surface area contributed by atoms with E-state index in [2.05, 4.69) is 24.5 Å². The predicted molar refractivity (Wildman–Crippen MR) is 69.4 cm³/mol. The van der Waals surface area contributed by atoms with Crippen LogP contribution < -0.4 is 10.2 Å². The summed E-state index contributed by atoms with van der Waals surface area (Å²) in [6.45, 7) is 3.13. The molecule has 1 aromatic carbocycles. The smallest absolute Gasteiger partial charge is 0.201 e. The van der Waals surface area contributed by atoms with Crippen LogP contribution in [0.3, 0.4) is 0 Å². The van der Waals surface area contributed by atoms with E-state index in [1.54, 1.807) is 0 Å². The second kappa shape index (κ2) is 5.16. The van der Waals surface area contributed by atoms with Gasteiger partial charge in [-0.05, 0) is 18.6 Å². The van der Waals surface area contributed by atoms with Gasteiger partial charge in [-0.15, -0.1) is 0 Å². The SMILES string of the molecule is CCCCCNn1c(=N)sc2ccccc21. The molecule has 0 aliphatic rings. The first-order valence-electron chi connectivity index (χ1n) is 5.72. The molecule has 0 atom stereocenters. The molecular formula is C12H17N3S. The molecule has 2 rings (SSSR count). The fourth-order valence-corrected chi connectivity index (χ4v) is 2.58. The average molecular weight is 235 g/mol. The van der Waals surface area contributed by atoms with Crippen LogP contribution in [0.15, 0.2) is 24.3 Å². The van der Waals surface area contributed by atoms with E-state index in [-0.39, 0.29) is 0 Å². The molecule has 0 saturated carbocycles. The maximum atomic E-state index is 7.90. The quantitative estimate of drug-likeness (QED) is 0.769. The number of para-hydroxylation sites is 1. The van der Waals surface area contributed by atoms with E-state index in [1.165, 1.54) is 24.2 Å². The minimum absolute atomic E-state index is 0.567. The van der Waals surface area contributed by atoms with Crippen molar-refractivity contribution in [2.24, 2.45) is 0 Å². The zero-order valence-electron chi connectivity index (χ0n) is 9.49. The summed E-state index contributed by atoms with van der Waals surface area (Å²) in [7, 11) is 0. The highest BCUT2D eigenvalue weighted by Crippen LogP contribution is 2.14. The molecule has 1 aromatic heterocycles. The molecule has 3 nitrogen and oxygen atoms in total. The lowest BCUT2D eigenvalue weighted by molar-refractivity contribution is 0.701. The number of benzene rings is 1. The third-order valence-corrected chi connectivity index (χ3v) is 3.51. The van der Waals surface area contributed by atoms with Crippen LogP contribution in [0.2, 0.25) is 0 Å². The Kier molecular flexibility index (Phi) is 3.62. The Morgan fingerprint density at radius 1 is 1.31 bits per heavy atom. The Labute approximate surface area is 99.2 Å². The fourth-order valence-electron chi connectivity index (χ4n) is 1.71. The molecule has 1 heterocycles. The normalized spacial score (nSPS) is 10.8. The number of aromatic nitrogens is 1. The van der Waals surface area contributed by atoms with Crippen molar-refractivity contribution in [1.82, 2.24) is 4.68 Å². The van der Waals surface area contributed by atoms with Gasteiger partial charge in [0.2, 0.25) is 4.80 Å². The summed E-state index contributed by atoms with van der Waals surface area (Å²) in [5.41, 5.74) is 4.42. The average Bonchev–Trinajstić information content (AvgIpc) is 2.61. The van der Waals surface area contributed by atoms with Crippen LogP contribution >= 0.6 is 11.3 Å². The molecule has 0 fully saturated rings. The molecular weight excluding hydrogens is 218 g/mol. The van der Waals surface area contributed by atoms with Crippen LogP contribution in [0.25, 0.3) is 10.2 Å². The van der Waals surface area contributed by atoms with Crippen LogP contribution in [0.1, 0.15) is 26.2 Å². The Hall–Kier alpha value is -1.29. The highest BCUT2D eigenvalue weighted by molar-refractivity contribution is 7.16. The minimum atomic E-state index is 0.567. The van der Waals surface area contributed by atoms with Crippen molar-refractivity contribution >= 4 is 21.6 Å². The van der Waals surface area contributed by atoms with Crippen molar-refractivity contribution in [3.63, 3.8) is 0 Å². The first-order valence-corrected chi connectivity index (χ1v) is 6.53. The van der Waals surface area contributed by atoms with Gasteiger partial charge in [0.1, 0.15) is 0 Å². The lowest BCUT2D eigenvalue weighted by atomic mass is 10.2. The van der Waals surface area contributed by atoms with Crippen LogP contribution in [-0.4, -0.2) is 11.2 Å². The molecule has 4 heteroatoms. The summed E-state index contributed by atoms with van der Waals surface area (Å²) in [5, 5.41) is 7.90. The lowest BCUT2D eigenvalue weighted by Crippen LogP contribution is -2.25. The van der Waals surface area contributed by atoms with Crippen molar-refractivity contribution in [2.75, 3.05) is 12.0 Å². The maximum absolute atomic E-state index is 7.90. The van der Waals surface area contributed by atoms with Gasteiger partial charge >= 0.3 is 0 Å². The second-order valence-corrected chi connectivity index (χ2v) is 4.86. The first-order chi connectivity index (χ1) is 7.83. The monoisotopic (exact) mass is 235 g/mol. The highest BCUT2D eigenvalue weighted by Gasteiger charge is 2.02. The van der Waals surface area contributed by atoms with Gasteiger partial charge in [0.15, 0.2) is 0 Å². The van der Waals surface area contributed by atoms with Gasteiger partial charge in [-0.2, -0.15) is 0 Å². The molecule has 0 radical (unpaired) electrons. The Morgan fingerprint density at radius 2 is 2.12 bits per heavy atom. The third-order valence-electron chi connectivity index (χ3n) is 2.57. The fraction of sp³-hybridized carbons (Fsp3) is 0.417. The van der Waals surface area contributed by atoms with Gasteiger partial charge in [0.25, 0.3) is 0 Å². The van der Waals surface area contributed by atoms with E-state index in [1.807, 2.05) is 16.8 Å². The number of nitrogens with one attached hydrogen (secondary N) is 2. The number of rotatable bonds is 5. The number of fused-ring (bicyclic) bond motifs is 1. The van der Waals surface area contributed by atoms with Crippen LogP contribution in [0.4, 0.5) is 0 Å². The van der Waals surface area contributed by atoms with E-state index in [4.69, 9.17) is 5.41 Å². The summed E-state index contributed by atoms with van der Waals surface area (Å²) >= 11 is 1.51. The van der Waals surface area contributed by atoms with Gasteiger partial charge in [-0.1, -0.05) is 43.2 Å². The van der Waals surface area contributed by atoms with Crippen molar-refractivity contribution in [1.29, 1.82) is 5.41 Å². The molecule has 0 spiro atoms. The Bertz CT molecular complexity index is 512. The number of unbranched alkanes of at least 4 members (excludes halogenated alkanes) is 2. The molecule has 16 heavy (non-hydrogen) atoms. The van der Waals surface area contributed by atoms with Crippen molar-refractivity contribution in [3.05, 3.63) is 29.1 Å². The molecule has 0 bridgehead atoms. The zero-order chi connectivity index (χ0) is 11.4. The molecule has 0 aliphatic heterocycles. The van der Waals surface area contributed by atoms with Gasteiger partial charge in [0, 0.05) is 6.54 Å². The van der Waals surface area contributed by atoms with Gasteiger partial charge in [0.05, 0.1) is 10.2 Å². The predicted octanol–water partition coefficient (Wildman–Crippen LogP) is 2.92. The lowest BCUT2D eigenvalue weighted by Gasteiger charge is -2.07. The van der Waals surface area contributed by atoms with Crippen LogP contribution in [0, 0.1) is 5.41 Å². The van der Waals surface area contributed by atoms with Crippen LogP contribution in [-0.2, 0) is 0 Å². The first kappa shape index (κ1) is 11.2. The zero-order valence-corrected chi connectivity index (χ0v) is 10.3. The van der Waals surface area contributed by atoms with Crippen LogP contribution in [0.5, 0.6) is 0 Å². The molecule has 2 N–H and O–H groups in total. The van der Waals surface area contributed by atoms with Gasteiger partial charge in [-0.3, -0.25) is 5.41 Å². The number of hydrogen-bond acceptors (Lipinski definition) is 3. The Morgan fingerprint density at radius 3 is 2.94 bits per heavy atom. The van der Waals surface area contributed by atoms with Crippen molar-refractivity contribution in [3.8, 4) is 0 Å². The molecule has 0 aliphatic carbocycles. The summed E-state index contributed by atoms with van der Waals surface area (Å²) in [6, 6.07) is 8.14. The summed E-state index contributed by atoms with van der Waals surface area (Å²) < 4.78 is 3.05. The van der Waals surface area contributed by atoms with Crippen molar-refractivity contribution < 1.29 is 0 Å². The summed E-state index contributed by atoms with van der Waals surface area (Å²) in [4.78, 5) is 0.567. The second-order valence-electron chi connectivity index (χ2n) is 3.83. The van der Waals surface area contributed by atoms with E-state index in [9.17, 15) is 0 Å². The molecule has 0 saturated heterocycles.